The topological polar surface area (TPSA) is 0 Å². The van der Waals surface area contributed by atoms with Crippen molar-refractivity contribution in [1.29, 1.82) is 0 Å². The molecule has 2 aliphatic rings. The Morgan fingerprint density at radius 3 is 2.06 bits per heavy atom. The maximum atomic E-state index is 3.37. The molecular weight excluding hydrogens is 464 g/mol. The zero-order valence-corrected chi connectivity index (χ0v) is 22.5. The van der Waals surface area contributed by atoms with Gasteiger partial charge < -0.3 is 7.43 Å². The minimum absolute atomic E-state index is 0. The largest absolute Gasteiger partial charge is 0.358 e. The molecule has 1 atom stereocenters. The van der Waals surface area contributed by atoms with Crippen molar-refractivity contribution in [1.82, 2.24) is 0 Å². The van der Waals surface area contributed by atoms with Gasteiger partial charge in [0.05, 0.1) is 0 Å². The Kier molecular flexibility index (Phi) is 13.0. The molecule has 0 nitrogen and oxygen atoms in total. The van der Waals surface area contributed by atoms with Crippen molar-refractivity contribution in [2.24, 2.45) is 11.8 Å². The molecule has 0 bridgehead atoms. The Morgan fingerprint density at radius 1 is 0.906 bits per heavy atom. The number of rotatable bonds is 1. The van der Waals surface area contributed by atoms with E-state index in [1.807, 2.05) is 36.4 Å². The smallest absolute Gasteiger partial charge is 0.0253 e. The predicted molar refractivity (Wildman–Crippen MR) is 137 cm³/mol. The molecule has 0 saturated carbocycles. The summed E-state index contributed by atoms with van der Waals surface area (Å²) in [5.74, 6) is 1.20. The van der Waals surface area contributed by atoms with Crippen LogP contribution in [-0.2, 0) is 30.7 Å². The third-order valence-electron chi connectivity index (χ3n) is 5.15. The van der Waals surface area contributed by atoms with Crippen LogP contribution < -0.4 is 0 Å². The van der Waals surface area contributed by atoms with E-state index in [-0.39, 0.29) is 7.43 Å². The fraction of sp³-hybridized carbons (Fsp3) is 0.226. The first-order valence-electron chi connectivity index (χ1n) is 10.7. The summed E-state index contributed by atoms with van der Waals surface area (Å²) in [4.78, 5) is 0. The molecule has 0 spiro atoms. The molecule has 3 aromatic rings. The minimum atomic E-state index is 0. The van der Waals surface area contributed by atoms with Gasteiger partial charge in [0.15, 0.2) is 0 Å². The Morgan fingerprint density at radius 2 is 1.56 bits per heavy atom. The van der Waals surface area contributed by atoms with Crippen molar-refractivity contribution < 1.29 is 24.2 Å². The molecule has 0 amide bonds. The van der Waals surface area contributed by atoms with Crippen LogP contribution in [0, 0.1) is 37.5 Å². The maximum Gasteiger partial charge on any atom is -0.0253 e. The molecule has 5 rings (SSSR count). The summed E-state index contributed by atoms with van der Waals surface area (Å²) in [7, 11) is 0. The molecule has 2 aliphatic carbocycles. The van der Waals surface area contributed by atoms with Gasteiger partial charge in [-0.15, -0.1) is 5.56 Å². The van der Waals surface area contributed by atoms with Crippen LogP contribution in [0.1, 0.15) is 38.8 Å². The minimum Gasteiger partial charge on any atom is -0.358 e. The van der Waals surface area contributed by atoms with Crippen LogP contribution in [0.5, 0.6) is 0 Å². The Balaban J connectivity index is 0.000000241. The molecule has 32 heavy (non-hydrogen) atoms. The average Bonchev–Trinajstić information content (AvgIpc) is 3.36. The van der Waals surface area contributed by atoms with Gasteiger partial charge in [-0.2, -0.15) is 77.9 Å². The SMILES string of the molecule is CC1=[C-]C(C)C=C1C(C)C.[CH2]=[Zr].[CH3-].[c-]1cccc2c1Cc1ccccc1-2.[c-]1ccccc1. The van der Waals surface area contributed by atoms with E-state index in [4.69, 9.17) is 0 Å². The van der Waals surface area contributed by atoms with Crippen molar-refractivity contribution in [2.75, 3.05) is 0 Å². The first-order chi connectivity index (χ1) is 15.1. The normalized spacial score (nSPS) is 14.4. The van der Waals surface area contributed by atoms with Crippen molar-refractivity contribution in [3.8, 4) is 11.1 Å². The quantitative estimate of drug-likeness (QED) is 0.234. The summed E-state index contributed by atoms with van der Waals surface area (Å²) < 4.78 is 3.34. The Labute approximate surface area is 211 Å². The second kappa shape index (κ2) is 14.9. The van der Waals surface area contributed by atoms with E-state index in [0.29, 0.717) is 11.8 Å². The molecule has 1 heteroatoms. The molecule has 0 fully saturated rings. The van der Waals surface area contributed by atoms with Gasteiger partial charge in [-0.25, -0.2) is 5.57 Å². The summed E-state index contributed by atoms with van der Waals surface area (Å²) in [6.45, 7) is 8.79. The standard InChI is InChI=1S/C13H9.C10H15.C6H5.CH3.CH2.Zr/c1-3-7-12-10(5-1)9-11-6-2-4-8-13(11)12;1-7(2)10-6-8(3)5-9(10)4;1-2-4-6-5-3-1;;;/h1-5,7-8H,9H2;6-8H,1-4H3;1-5H;1H3;1H2;/q4*-1;;. The molecule has 1 unspecified atom stereocenters. The zero-order chi connectivity index (χ0) is 22.6. The van der Waals surface area contributed by atoms with Crippen LogP contribution in [0.3, 0.4) is 0 Å². The van der Waals surface area contributed by atoms with E-state index in [2.05, 4.69) is 92.6 Å². The van der Waals surface area contributed by atoms with Gasteiger partial charge in [0.25, 0.3) is 0 Å². The van der Waals surface area contributed by atoms with E-state index < -0.39 is 0 Å². The van der Waals surface area contributed by atoms with Crippen LogP contribution in [0.15, 0.2) is 90.0 Å². The molecule has 0 radical (unpaired) electrons. The number of allylic oxidation sites excluding steroid dienone is 4. The summed E-state index contributed by atoms with van der Waals surface area (Å²) in [5.41, 5.74) is 8.34. The molecule has 0 heterocycles. The number of fused-ring (bicyclic) bond motifs is 3. The first kappa shape index (κ1) is 27.9. The van der Waals surface area contributed by atoms with Crippen LogP contribution in [0.2, 0.25) is 0 Å². The summed E-state index contributed by atoms with van der Waals surface area (Å²) >= 11 is 1.30. The molecular formula is C31H34Zr-4. The monoisotopic (exact) mass is 496 g/mol. The van der Waals surface area contributed by atoms with E-state index in [1.165, 1.54) is 57.6 Å². The van der Waals surface area contributed by atoms with Gasteiger partial charge >= 0.3 is 28.4 Å². The second-order valence-corrected chi connectivity index (χ2v) is 7.81. The van der Waals surface area contributed by atoms with Crippen molar-refractivity contribution in [3.63, 3.8) is 0 Å². The van der Waals surface area contributed by atoms with Gasteiger partial charge in [-0.3, -0.25) is 6.08 Å². The fourth-order valence-electron chi connectivity index (χ4n) is 3.83. The number of benzene rings is 3. The first-order valence-corrected chi connectivity index (χ1v) is 12.5. The van der Waals surface area contributed by atoms with Gasteiger partial charge in [-0.1, -0.05) is 74.9 Å². The third-order valence-corrected chi connectivity index (χ3v) is 5.15. The van der Waals surface area contributed by atoms with E-state index in [1.54, 1.807) is 0 Å². The Bertz CT molecular complexity index is 926. The fourth-order valence-corrected chi connectivity index (χ4v) is 3.83. The number of hydrogen-bond acceptors (Lipinski definition) is 0. The molecule has 0 saturated heterocycles. The third kappa shape index (κ3) is 8.10. The summed E-state index contributed by atoms with van der Waals surface area (Å²) in [6.07, 6.45) is 6.73. The summed E-state index contributed by atoms with van der Waals surface area (Å²) in [6, 6.07) is 30.6. The van der Waals surface area contributed by atoms with Crippen LogP contribution >= 0.6 is 0 Å². The van der Waals surface area contributed by atoms with Gasteiger partial charge in [0.2, 0.25) is 0 Å². The Hall–Kier alpha value is -2.11. The molecule has 0 aromatic heterocycles. The van der Waals surface area contributed by atoms with Gasteiger partial charge in [-0.05, 0) is 6.42 Å². The molecule has 166 valence electrons. The maximum absolute atomic E-state index is 3.37. The van der Waals surface area contributed by atoms with Crippen molar-refractivity contribution in [3.05, 3.63) is 127 Å². The second-order valence-electron chi connectivity index (χ2n) is 7.81. The van der Waals surface area contributed by atoms with Crippen LogP contribution in [0.25, 0.3) is 11.1 Å². The van der Waals surface area contributed by atoms with Crippen LogP contribution in [0.4, 0.5) is 0 Å². The van der Waals surface area contributed by atoms with E-state index in [9.17, 15) is 0 Å². The number of hydrogen-bond donors (Lipinski definition) is 0. The van der Waals surface area contributed by atoms with E-state index in [0.717, 1.165) is 6.42 Å². The summed E-state index contributed by atoms with van der Waals surface area (Å²) in [5, 5.41) is 0. The van der Waals surface area contributed by atoms with Crippen LogP contribution in [-0.4, -0.2) is 4.21 Å². The zero-order valence-electron chi connectivity index (χ0n) is 20.1. The molecule has 0 N–H and O–H groups in total. The molecule has 0 aliphatic heterocycles. The average molecular weight is 498 g/mol. The van der Waals surface area contributed by atoms with Gasteiger partial charge in [0.1, 0.15) is 0 Å². The van der Waals surface area contributed by atoms with Crippen molar-refractivity contribution in [2.45, 2.75) is 34.1 Å². The molecule has 3 aromatic carbocycles. The van der Waals surface area contributed by atoms with Gasteiger partial charge in [0, 0.05) is 0 Å². The van der Waals surface area contributed by atoms with Crippen molar-refractivity contribution >= 4 is 4.21 Å². The van der Waals surface area contributed by atoms with E-state index >= 15 is 0 Å². The predicted octanol–water partition coefficient (Wildman–Crippen LogP) is 7.93.